The molecule has 9 heteroatoms. The van der Waals surface area contributed by atoms with E-state index in [1.807, 2.05) is 32.9 Å². The maximum Gasteiger partial charge on any atom is 0.345 e. The van der Waals surface area contributed by atoms with Gasteiger partial charge < -0.3 is 5.11 Å². The first-order valence-electron chi connectivity index (χ1n) is 6.83. The first-order valence-corrected chi connectivity index (χ1v) is 11.2. The number of carboxylic acids is 1. The minimum atomic E-state index is -3.54. The van der Waals surface area contributed by atoms with Gasteiger partial charge in [-0.1, -0.05) is 17.7 Å². The van der Waals surface area contributed by atoms with Crippen LogP contribution >= 0.6 is 39.8 Å². The van der Waals surface area contributed by atoms with E-state index in [4.69, 9.17) is 22.5 Å². The summed E-state index contributed by atoms with van der Waals surface area (Å²) in [4.78, 5) is 15.8. The Hall–Kier alpha value is -1.33. The SMILES string of the molecule is Cc1cc(C)c(C=C(C(=O)O)c2csc(NP(=O)(Cl)Cl)n2)c(C)c1. The summed E-state index contributed by atoms with van der Waals surface area (Å²) in [7, 11) is 0. The fourth-order valence-electron chi connectivity index (χ4n) is 2.37. The van der Waals surface area contributed by atoms with Crippen molar-refractivity contribution in [2.45, 2.75) is 20.8 Å². The number of carboxylic acid groups (broad SMARTS) is 1. The molecule has 0 amide bonds. The molecule has 5 nitrogen and oxygen atoms in total. The van der Waals surface area contributed by atoms with Crippen LogP contribution in [0.25, 0.3) is 11.6 Å². The van der Waals surface area contributed by atoms with Crippen LogP contribution in [0.5, 0.6) is 0 Å². The van der Waals surface area contributed by atoms with Gasteiger partial charge in [0.25, 0.3) is 0 Å². The number of benzene rings is 1. The zero-order valence-electron chi connectivity index (χ0n) is 13.1. The number of aryl methyl sites for hydroxylation is 3. The van der Waals surface area contributed by atoms with Gasteiger partial charge in [-0.3, -0.25) is 9.65 Å². The van der Waals surface area contributed by atoms with Crippen LogP contribution in [0.1, 0.15) is 27.9 Å². The van der Waals surface area contributed by atoms with E-state index in [-0.39, 0.29) is 16.4 Å². The molecule has 128 valence electrons. The molecule has 1 aromatic carbocycles. The predicted molar refractivity (Wildman–Crippen MR) is 101 cm³/mol. The lowest BCUT2D eigenvalue weighted by Gasteiger charge is -2.08. The van der Waals surface area contributed by atoms with Crippen LogP contribution in [-0.2, 0) is 9.36 Å². The fourth-order valence-corrected chi connectivity index (χ4v) is 4.57. The number of halogens is 2. The monoisotopic (exact) mass is 404 g/mol. The Morgan fingerprint density at radius 3 is 2.38 bits per heavy atom. The number of hydrogen-bond acceptors (Lipinski definition) is 4. The summed E-state index contributed by atoms with van der Waals surface area (Å²) in [5, 5.41) is 13.6. The molecule has 0 spiro atoms. The van der Waals surface area contributed by atoms with Gasteiger partial charge in [-0.2, -0.15) is 0 Å². The van der Waals surface area contributed by atoms with Crippen molar-refractivity contribution in [3.8, 4) is 0 Å². The maximum absolute atomic E-state index is 11.7. The van der Waals surface area contributed by atoms with E-state index in [1.165, 1.54) is 0 Å². The van der Waals surface area contributed by atoms with Crippen molar-refractivity contribution in [1.82, 2.24) is 4.98 Å². The lowest BCUT2D eigenvalue weighted by Crippen LogP contribution is -2.01. The Bertz CT molecular complexity index is 850. The number of rotatable bonds is 5. The molecule has 1 heterocycles. The number of hydrogen-bond donors (Lipinski definition) is 2. The molecule has 0 aliphatic heterocycles. The van der Waals surface area contributed by atoms with Gasteiger partial charge in [0.15, 0.2) is 5.13 Å². The molecule has 0 bridgehead atoms. The Labute approximate surface area is 153 Å². The topological polar surface area (TPSA) is 79.3 Å². The molecule has 0 radical (unpaired) electrons. The molecule has 1 aromatic heterocycles. The van der Waals surface area contributed by atoms with Crippen LogP contribution in [0.4, 0.5) is 5.13 Å². The van der Waals surface area contributed by atoms with Crippen LogP contribution in [0.3, 0.4) is 0 Å². The summed E-state index contributed by atoms with van der Waals surface area (Å²) >= 11 is 12.0. The van der Waals surface area contributed by atoms with Crippen LogP contribution < -0.4 is 5.09 Å². The number of carbonyl (C=O) groups is 1. The fraction of sp³-hybridized carbons (Fsp3) is 0.200. The predicted octanol–water partition coefficient (Wildman–Crippen LogP) is 5.69. The molecule has 24 heavy (non-hydrogen) atoms. The first kappa shape index (κ1) is 19.0. The minimum absolute atomic E-state index is 0.0355. The largest absolute Gasteiger partial charge is 0.478 e. The Morgan fingerprint density at radius 1 is 1.29 bits per heavy atom. The molecule has 0 saturated heterocycles. The van der Waals surface area contributed by atoms with E-state index in [9.17, 15) is 14.5 Å². The minimum Gasteiger partial charge on any atom is -0.478 e. The highest BCUT2D eigenvalue weighted by Crippen LogP contribution is 2.56. The molecular weight excluding hydrogens is 390 g/mol. The van der Waals surface area contributed by atoms with Crippen molar-refractivity contribution in [1.29, 1.82) is 0 Å². The highest BCUT2D eigenvalue weighted by atomic mass is 35.9. The number of nitrogens with zero attached hydrogens (tertiary/aromatic N) is 1. The van der Waals surface area contributed by atoms with Crippen LogP contribution in [0.15, 0.2) is 17.5 Å². The Kier molecular flexibility index (Phi) is 5.76. The maximum atomic E-state index is 11.7. The number of aromatic nitrogens is 1. The Balaban J connectivity index is 2.48. The number of thiazole rings is 1. The van der Waals surface area contributed by atoms with Gasteiger partial charge in [0.2, 0.25) is 0 Å². The molecule has 2 rings (SSSR count). The third-order valence-corrected chi connectivity index (χ3v) is 5.15. The van der Waals surface area contributed by atoms with E-state index < -0.39 is 12.0 Å². The van der Waals surface area contributed by atoms with Gasteiger partial charge in [-0.15, -0.1) is 11.3 Å². The molecule has 0 unspecified atom stereocenters. The van der Waals surface area contributed by atoms with Crippen molar-refractivity contribution in [3.05, 3.63) is 45.5 Å². The van der Waals surface area contributed by atoms with Crippen molar-refractivity contribution >= 4 is 62.6 Å². The molecule has 0 saturated carbocycles. The van der Waals surface area contributed by atoms with E-state index in [0.29, 0.717) is 0 Å². The average molecular weight is 405 g/mol. The quantitative estimate of drug-likeness (QED) is 0.494. The van der Waals surface area contributed by atoms with Gasteiger partial charge in [0, 0.05) is 5.38 Å². The van der Waals surface area contributed by atoms with Crippen molar-refractivity contribution in [2.24, 2.45) is 0 Å². The lowest BCUT2D eigenvalue weighted by molar-refractivity contribution is -0.130. The highest BCUT2D eigenvalue weighted by molar-refractivity contribution is 8.09. The summed E-state index contributed by atoms with van der Waals surface area (Å²) in [6.45, 7) is 5.84. The zero-order valence-corrected chi connectivity index (χ0v) is 16.4. The van der Waals surface area contributed by atoms with E-state index in [2.05, 4.69) is 10.1 Å². The Morgan fingerprint density at radius 2 is 1.88 bits per heavy atom. The molecule has 0 aliphatic carbocycles. The zero-order chi connectivity index (χ0) is 18.1. The van der Waals surface area contributed by atoms with E-state index in [1.54, 1.807) is 11.5 Å². The summed E-state index contributed by atoms with van der Waals surface area (Å²) < 4.78 is 11.4. The van der Waals surface area contributed by atoms with Crippen LogP contribution in [-0.4, -0.2) is 16.1 Å². The van der Waals surface area contributed by atoms with E-state index in [0.717, 1.165) is 33.6 Å². The number of anilines is 1. The smallest absolute Gasteiger partial charge is 0.345 e. The normalized spacial score (nSPS) is 12.3. The van der Waals surface area contributed by atoms with Crippen molar-refractivity contribution in [3.63, 3.8) is 0 Å². The average Bonchev–Trinajstić information content (AvgIpc) is 2.82. The van der Waals surface area contributed by atoms with E-state index >= 15 is 0 Å². The van der Waals surface area contributed by atoms with Crippen LogP contribution in [0.2, 0.25) is 0 Å². The van der Waals surface area contributed by atoms with Gasteiger partial charge in [-0.25, -0.2) is 9.78 Å². The van der Waals surface area contributed by atoms with Crippen molar-refractivity contribution in [2.75, 3.05) is 5.09 Å². The van der Waals surface area contributed by atoms with Gasteiger partial charge >= 0.3 is 12.0 Å². The molecular formula is C15H15Cl2N2O3PS. The summed E-state index contributed by atoms with van der Waals surface area (Å²) in [5.41, 5.74) is 4.18. The molecule has 0 fully saturated rings. The lowest BCUT2D eigenvalue weighted by atomic mass is 9.97. The highest BCUT2D eigenvalue weighted by Gasteiger charge is 2.19. The number of aliphatic carboxylic acids is 1. The van der Waals surface area contributed by atoms with Gasteiger partial charge in [0.1, 0.15) is 0 Å². The third-order valence-electron chi connectivity index (χ3n) is 3.26. The third kappa shape index (κ3) is 4.84. The summed E-state index contributed by atoms with van der Waals surface area (Å²) in [6.07, 6.45) is 1.59. The van der Waals surface area contributed by atoms with Crippen LogP contribution in [0, 0.1) is 20.8 Å². The molecule has 2 N–H and O–H groups in total. The second-order valence-corrected chi connectivity index (χ2v) is 10.7. The van der Waals surface area contributed by atoms with Gasteiger partial charge in [0.05, 0.1) is 11.3 Å². The molecule has 0 aliphatic rings. The van der Waals surface area contributed by atoms with Gasteiger partial charge in [-0.05, 0) is 66.0 Å². The second-order valence-electron chi connectivity index (χ2n) is 5.29. The summed E-state index contributed by atoms with van der Waals surface area (Å²) in [5.74, 6) is -4.65. The molecule has 0 atom stereocenters. The summed E-state index contributed by atoms with van der Waals surface area (Å²) in [6, 6.07) is 3.98. The second kappa shape index (κ2) is 7.28. The number of nitrogens with one attached hydrogen (secondary N) is 1. The van der Waals surface area contributed by atoms with Crippen molar-refractivity contribution < 1.29 is 14.5 Å². The standard InChI is InChI=1S/C15H15Cl2N2O3PS/c1-8-4-9(2)11(10(3)5-8)6-12(14(20)21)13-7-24-15(18-13)19-23(16,17)22/h4-7H,1-3H3,(H,20,21)(H,18,19,22). The molecule has 2 aromatic rings. The first-order chi connectivity index (χ1) is 11.1.